The van der Waals surface area contributed by atoms with E-state index in [0.717, 1.165) is 0 Å². The Morgan fingerprint density at radius 1 is 0.200 bits per heavy atom. The number of hydrogen-bond acceptors (Lipinski definition) is 0. The highest BCUT2D eigenvalue weighted by atomic mass is 14.2. The molecule has 0 aromatic heterocycles. The molecule has 0 aliphatic rings. The predicted molar refractivity (Wildman–Crippen MR) is 216 cm³/mol. The lowest BCUT2D eigenvalue weighted by molar-refractivity contribution is 1.61. The minimum Gasteiger partial charge on any atom is -0.0622 e. The molecule has 0 bridgehead atoms. The highest BCUT2D eigenvalue weighted by Gasteiger charge is 2.19. The first-order chi connectivity index (χ1) is 24.8. The molecule has 10 aromatic carbocycles. The molecule has 0 heterocycles. The van der Waals surface area contributed by atoms with Gasteiger partial charge < -0.3 is 0 Å². The number of rotatable bonds is 4. The molecule has 0 unspecified atom stereocenters. The second-order valence-electron chi connectivity index (χ2n) is 13.3. The fraction of sp³-hybridized carbons (Fsp3) is 0. The largest absolute Gasteiger partial charge is 0.0622 e. The molecule has 10 aromatic rings. The maximum atomic E-state index is 2.45. The lowest BCUT2D eigenvalue weighted by Gasteiger charge is -2.20. The summed E-state index contributed by atoms with van der Waals surface area (Å²) >= 11 is 0. The van der Waals surface area contributed by atoms with Crippen molar-refractivity contribution < 1.29 is 0 Å². The fourth-order valence-electron chi connectivity index (χ4n) is 8.07. The van der Waals surface area contributed by atoms with E-state index in [-0.39, 0.29) is 0 Å². The summed E-state index contributed by atoms with van der Waals surface area (Å²) in [6.07, 6.45) is 0. The van der Waals surface area contributed by atoms with E-state index < -0.39 is 0 Å². The van der Waals surface area contributed by atoms with Crippen LogP contribution in [0.4, 0.5) is 0 Å². The first-order valence-electron chi connectivity index (χ1n) is 17.3. The molecule has 0 aliphatic heterocycles. The van der Waals surface area contributed by atoms with Crippen LogP contribution in [0, 0.1) is 0 Å². The Hall–Kier alpha value is -6.50. The quantitative estimate of drug-likeness (QED) is 0.134. The van der Waals surface area contributed by atoms with Crippen molar-refractivity contribution in [3.05, 3.63) is 194 Å². The van der Waals surface area contributed by atoms with Crippen molar-refractivity contribution in [3.8, 4) is 44.5 Å². The molecule has 10 rings (SSSR count). The van der Waals surface area contributed by atoms with Crippen molar-refractivity contribution in [2.75, 3.05) is 0 Å². The van der Waals surface area contributed by atoms with E-state index in [4.69, 9.17) is 0 Å². The standard InChI is InChI=1S/C50H32/c1-2-12-33(13-3-1)35-22-25-36(26-23-35)49-44-20-10-11-21-45(44)50(40-27-24-34-14-4-5-15-37(34)30-40)48-32-39(28-29-46(48)49)47-31-38-16-6-7-17-41(38)42-18-8-9-19-43(42)47/h1-32H. The zero-order chi connectivity index (χ0) is 33.0. The van der Waals surface area contributed by atoms with Crippen LogP contribution in [0.5, 0.6) is 0 Å². The van der Waals surface area contributed by atoms with Gasteiger partial charge in [0, 0.05) is 0 Å². The molecule has 0 saturated carbocycles. The van der Waals surface area contributed by atoms with Crippen LogP contribution >= 0.6 is 0 Å². The smallest absolute Gasteiger partial charge is 0.00259 e. The molecular weight excluding hydrogens is 601 g/mol. The Kier molecular flexibility index (Phi) is 6.60. The summed E-state index contributed by atoms with van der Waals surface area (Å²) in [4.78, 5) is 0. The Morgan fingerprint density at radius 3 is 1.46 bits per heavy atom. The third-order valence-electron chi connectivity index (χ3n) is 10.4. The molecule has 0 aliphatic carbocycles. The molecule has 50 heavy (non-hydrogen) atoms. The maximum Gasteiger partial charge on any atom is -0.00259 e. The fourth-order valence-corrected chi connectivity index (χ4v) is 8.07. The molecule has 0 fully saturated rings. The topological polar surface area (TPSA) is 0 Å². The van der Waals surface area contributed by atoms with Crippen molar-refractivity contribution in [3.63, 3.8) is 0 Å². The third kappa shape index (κ3) is 4.61. The summed E-state index contributed by atoms with van der Waals surface area (Å²) in [5, 5.41) is 12.7. The average Bonchev–Trinajstić information content (AvgIpc) is 3.19. The van der Waals surface area contributed by atoms with Gasteiger partial charge in [0.05, 0.1) is 0 Å². The molecule has 0 radical (unpaired) electrons. The van der Waals surface area contributed by atoms with Gasteiger partial charge in [0.15, 0.2) is 0 Å². The zero-order valence-corrected chi connectivity index (χ0v) is 27.5. The first kappa shape index (κ1) is 28.5. The maximum absolute atomic E-state index is 2.45. The van der Waals surface area contributed by atoms with Gasteiger partial charge in [0.1, 0.15) is 0 Å². The normalized spacial score (nSPS) is 11.6. The van der Waals surface area contributed by atoms with E-state index in [9.17, 15) is 0 Å². The van der Waals surface area contributed by atoms with Gasteiger partial charge in [-0.15, -0.1) is 0 Å². The second kappa shape index (κ2) is 11.6. The van der Waals surface area contributed by atoms with E-state index in [0.29, 0.717) is 0 Å². The zero-order valence-electron chi connectivity index (χ0n) is 27.5. The molecule has 0 atom stereocenters. The van der Waals surface area contributed by atoms with Crippen LogP contribution in [0.1, 0.15) is 0 Å². The van der Waals surface area contributed by atoms with Crippen LogP contribution in [-0.4, -0.2) is 0 Å². The van der Waals surface area contributed by atoms with Crippen LogP contribution in [0.15, 0.2) is 194 Å². The second-order valence-corrected chi connectivity index (χ2v) is 13.3. The Labute approximate surface area is 291 Å². The number of hydrogen-bond donors (Lipinski definition) is 0. The lowest BCUT2D eigenvalue weighted by atomic mass is 9.83. The third-order valence-corrected chi connectivity index (χ3v) is 10.4. The van der Waals surface area contributed by atoms with E-state index in [1.807, 2.05) is 0 Å². The average molecular weight is 633 g/mol. The van der Waals surface area contributed by atoms with Gasteiger partial charge in [-0.2, -0.15) is 0 Å². The van der Waals surface area contributed by atoms with Gasteiger partial charge >= 0.3 is 0 Å². The minimum atomic E-state index is 1.22. The van der Waals surface area contributed by atoms with Crippen LogP contribution in [-0.2, 0) is 0 Å². The highest BCUT2D eigenvalue weighted by Crippen LogP contribution is 2.46. The Bertz CT molecular complexity index is 2900. The minimum absolute atomic E-state index is 1.22. The van der Waals surface area contributed by atoms with Gasteiger partial charge in [-0.05, 0) is 117 Å². The van der Waals surface area contributed by atoms with Gasteiger partial charge in [0.25, 0.3) is 0 Å². The summed E-state index contributed by atoms with van der Waals surface area (Å²) < 4.78 is 0. The summed E-state index contributed by atoms with van der Waals surface area (Å²) in [6.45, 7) is 0. The summed E-state index contributed by atoms with van der Waals surface area (Å²) in [5.41, 5.74) is 9.94. The molecule has 0 heteroatoms. The van der Waals surface area contributed by atoms with Gasteiger partial charge in [-0.3, -0.25) is 0 Å². The summed E-state index contributed by atoms with van der Waals surface area (Å²) in [6, 6.07) is 71.4. The van der Waals surface area contributed by atoms with E-state index in [1.54, 1.807) is 0 Å². The Morgan fingerprint density at radius 2 is 0.700 bits per heavy atom. The molecule has 0 N–H and O–H groups in total. The van der Waals surface area contributed by atoms with Crippen LogP contribution in [0.25, 0.3) is 98.4 Å². The van der Waals surface area contributed by atoms with Crippen molar-refractivity contribution in [1.29, 1.82) is 0 Å². The SMILES string of the molecule is c1ccc(-c2ccc(-c3c4ccccc4c(-c4ccc5ccccc5c4)c4cc(-c5cc6ccccc6c6ccccc56)ccc34)cc2)cc1. The Balaban J connectivity index is 1.29. The molecule has 232 valence electrons. The van der Waals surface area contributed by atoms with Crippen LogP contribution in [0.2, 0.25) is 0 Å². The van der Waals surface area contributed by atoms with Gasteiger partial charge in [-0.25, -0.2) is 0 Å². The van der Waals surface area contributed by atoms with Crippen molar-refractivity contribution in [2.24, 2.45) is 0 Å². The van der Waals surface area contributed by atoms with E-state index in [2.05, 4.69) is 194 Å². The lowest BCUT2D eigenvalue weighted by Crippen LogP contribution is -1.92. The van der Waals surface area contributed by atoms with Crippen LogP contribution in [0.3, 0.4) is 0 Å². The number of fused-ring (bicyclic) bond motifs is 6. The number of benzene rings is 10. The van der Waals surface area contributed by atoms with Crippen molar-refractivity contribution in [2.45, 2.75) is 0 Å². The molecule has 0 spiro atoms. The van der Waals surface area contributed by atoms with Crippen LogP contribution < -0.4 is 0 Å². The monoisotopic (exact) mass is 632 g/mol. The summed E-state index contributed by atoms with van der Waals surface area (Å²) in [7, 11) is 0. The van der Waals surface area contributed by atoms with Crippen molar-refractivity contribution in [1.82, 2.24) is 0 Å². The highest BCUT2D eigenvalue weighted by molar-refractivity contribution is 6.23. The van der Waals surface area contributed by atoms with Crippen molar-refractivity contribution >= 4 is 53.9 Å². The van der Waals surface area contributed by atoms with E-state index in [1.165, 1.54) is 98.4 Å². The molecule has 0 saturated heterocycles. The molecular formula is C50H32. The van der Waals surface area contributed by atoms with Gasteiger partial charge in [0.2, 0.25) is 0 Å². The van der Waals surface area contributed by atoms with E-state index >= 15 is 0 Å². The first-order valence-corrected chi connectivity index (χ1v) is 17.3. The summed E-state index contributed by atoms with van der Waals surface area (Å²) in [5.74, 6) is 0. The predicted octanol–water partition coefficient (Wildman–Crippen LogP) is 14.1. The molecule has 0 nitrogen and oxygen atoms in total. The van der Waals surface area contributed by atoms with Gasteiger partial charge in [-0.1, -0.05) is 176 Å². The molecule has 0 amide bonds.